The van der Waals surface area contributed by atoms with E-state index >= 15 is 0 Å². The molecule has 96 valence electrons. The summed E-state index contributed by atoms with van der Waals surface area (Å²) in [6.07, 6.45) is -0.497. The summed E-state index contributed by atoms with van der Waals surface area (Å²) in [6.45, 7) is 1.26. The Balaban J connectivity index is 2.35. The van der Waals surface area contributed by atoms with Crippen LogP contribution in [0.3, 0.4) is 0 Å². The van der Waals surface area contributed by atoms with E-state index in [1.807, 2.05) is 19.0 Å². The van der Waals surface area contributed by atoms with Gasteiger partial charge in [-0.2, -0.15) is 0 Å². The van der Waals surface area contributed by atoms with Gasteiger partial charge >= 0.3 is 0 Å². The summed E-state index contributed by atoms with van der Waals surface area (Å²) in [5.41, 5.74) is 0.527. The maximum Gasteiger partial charge on any atom is 0.126 e. The van der Waals surface area contributed by atoms with Crippen LogP contribution in [0.2, 0.25) is 0 Å². The number of aliphatic hydroxyl groups is 1. The highest BCUT2D eigenvalue weighted by Gasteiger charge is 2.05. The summed E-state index contributed by atoms with van der Waals surface area (Å²) in [4.78, 5) is 1.87. The van der Waals surface area contributed by atoms with E-state index < -0.39 is 17.7 Å². The van der Waals surface area contributed by atoms with Crippen LogP contribution in [-0.4, -0.2) is 43.3 Å². The summed E-state index contributed by atoms with van der Waals surface area (Å²) in [5, 5.41) is 12.5. The molecule has 0 amide bonds. The third-order valence-electron chi connectivity index (χ3n) is 2.21. The lowest BCUT2D eigenvalue weighted by Gasteiger charge is -2.16. The first-order valence-corrected chi connectivity index (χ1v) is 5.46. The van der Waals surface area contributed by atoms with Crippen molar-refractivity contribution >= 4 is 0 Å². The SMILES string of the molecule is CN(C)CC(O)CNCc1cc(F)cc(F)c1. The lowest BCUT2D eigenvalue weighted by molar-refractivity contribution is 0.134. The number of aliphatic hydroxyl groups excluding tert-OH is 1. The number of nitrogens with one attached hydrogen (secondary N) is 1. The molecule has 0 fully saturated rings. The minimum atomic E-state index is -0.587. The fraction of sp³-hybridized carbons (Fsp3) is 0.500. The molecule has 1 unspecified atom stereocenters. The summed E-state index contributed by atoms with van der Waals surface area (Å²) in [6, 6.07) is 3.38. The molecule has 1 rings (SSSR count). The first-order valence-electron chi connectivity index (χ1n) is 5.46. The molecule has 3 nitrogen and oxygen atoms in total. The van der Waals surface area contributed by atoms with Gasteiger partial charge in [0.25, 0.3) is 0 Å². The van der Waals surface area contributed by atoms with Crippen LogP contribution in [0.25, 0.3) is 0 Å². The zero-order chi connectivity index (χ0) is 12.8. The Bertz CT molecular complexity index is 338. The number of hydrogen-bond acceptors (Lipinski definition) is 3. The van der Waals surface area contributed by atoms with Gasteiger partial charge in [0, 0.05) is 25.7 Å². The zero-order valence-corrected chi connectivity index (χ0v) is 10.1. The van der Waals surface area contributed by atoms with Gasteiger partial charge in [0.05, 0.1) is 6.10 Å². The van der Waals surface area contributed by atoms with E-state index in [1.54, 1.807) is 0 Å². The second-order valence-electron chi connectivity index (χ2n) is 4.32. The Labute approximate surface area is 100 Å². The van der Waals surface area contributed by atoms with E-state index in [9.17, 15) is 13.9 Å². The normalized spacial score (nSPS) is 13.1. The lowest BCUT2D eigenvalue weighted by Crippen LogP contribution is -2.34. The Morgan fingerprint density at radius 2 is 1.82 bits per heavy atom. The smallest absolute Gasteiger partial charge is 0.126 e. The van der Waals surface area contributed by atoms with Crippen LogP contribution in [0, 0.1) is 11.6 Å². The molecule has 0 saturated carbocycles. The lowest BCUT2D eigenvalue weighted by atomic mass is 10.2. The molecule has 0 bridgehead atoms. The Morgan fingerprint density at radius 1 is 1.24 bits per heavy atom. The predicted molar refractivity (Wildman–Crippen MR) is 62.6 cm³/mol. The number of likely N-dealkylation sites (N-methyl/N-ethyl adjacent to an activating group) is 1. The van der Waals surface area contributed by atoms with Crippen LogP contribution in [-0.2, 0) is 6.54 Å². The summed E-state index contributed by atoms with van der Waals surface area (Å²) < 4.78 is 25.7. The van der Waals surface area contributed by atoms with Crippen LogP contribution in [0.4, 0.5) is 8.78 Å². The van der Waals surface area contributed by atoms with Gasteiger partial charge in [0.15, 0.2) is 0 Å². The van der Waals surface area contributed by atoms with Crippen LogP contribution >= 0.6 is 0 Å². The van der Waals surface area contributed by atoms with E-state index in [0.29, 0.717) is 25.2 Å². The van der Waals surface area contributed by atoms with Gasteiger partial charge in [0.2, 0.25) is 0 Å². The zero-order valence-electron chi connectivity index (χ0n) is 10.1. The molecule has 1 aromatic rings. The molecule has 1 aromatic carbocycles. The average Bonchev–Trinajstić information content (AvgIpc) is 2.14. The van der Waals surface area contributed by atoms with Crippen molar-refractivity contribution in [2.45, 2.75) is 12.6 Å². The van der Waals surface area contributed by atoms with Crippen molar-refractivity contribution in [1.29, 1.82) is 0 Å². The Morgan fingerprint density at radius 3 is 2.35 bits per heavy atom. The Hall–Kier alpha value is -1.04. The van der Waals surface area contributed by atoms with Gasteiger partial charge in [-0.05, 0) is 31.8 Å². The first-order chi connectivity index (χ1) is 7.97. The molecule has 2 N–H and O–H groups in total. The maximum absolute atomic E-state index is 12.9. The van der Waals surface area contributed by atoms with Crippen LogP contribution in [0.1, 0.15) is 5.56 Å². The highest BCUT2D eigenvalue weighted by atomic mass is 19.1. The summed E-state index contributed by atoms with van der Waals surface area (Å²) in [5.74, 6) is -1.17. The van der Waals surface area contributed by atoms with Crippen LogP contribution < -0.4 is 5.32 Å². The van der Waals surface area contributed by atoms with Gasteiger partial charge in [-0.25, -0.2) is 8.78 Å². The van der Waals surface area contributed by atoms with Crippen molar-refractivity contribution in [3.05, 3.63) is 35.4 Å². The molecule has 0 heterocycles. The van der Waals surface area contributed by atoms with Crippen molar-refractivity contribution < 1.29 is 13.9 Å². The van der Waals surface area contributed by atoms with Gasteiger partial charge in [-0.1, -0.05) is 0 Å². The molecule has 0 aliphatic heterocycles. The Kier molecular flexibility index (Phi) is 5.47. The third kappa shape index (κ3) is 5.72. The molecule has 5 heteroatoms. The van der Waals surface area contributed by atoms with Crippen molar-refractivity contribution in [1.82, 2.24) is 10.2 Å². The molecule has 0 aromatic heterocycles. The third-order valence-corrected chi connectivity index (χ3v) is 2.21. The molecule has 0 spiro atoms. The monoisotopic (exact) mass is 244 g/mol. The fourth-order valence-electron chi connectivity index (χ4n) is 1.58. The largest absolute Gasteiger partial charge is 0.390 e. The molecule has 0 radical (unpaired) electrons. The highest BCUT2D eigenvalue weighted by Crippen LogP contribution is 2.07. The molecular formula is C12H18F2N2O. The predicted octanol–water partition coefficient (Wildman–Crippen LogP) is 0.977. The quantitative estimate of drug-likeness (QED) is 0.783. The van der Waals surface area contributed by atoms with E-state index in [2.05, 4.69) is 5.32 Å². The van der Waals surface area contributed by atoms with Crippen molar-refractivity contribution in [2.75, 3.05) is 27.2 Å². The fourth-order valence-corrected chi connectivity index (χ4v) is 1.58. The van der Waals surface area contributed by atoms with E-state index in [1.165, 1.54) is 12.1 Å². The van der Waals surface area contributed by atoms with Gasteiger partial charge < -0.3 is 15.3 Å². The molecule has 0 aliphatic carbocycles. The number of benzene rings is 1. The average molecular weight is 244 g/mol. The second-order valence-corrected chi connectivity index (χ2v) is 4.32. The van der Waals surface area contributed by atoms with Gasteiger partial charge in [0.1, 0.15) is 11.6 Å². The second kappa shape index (κ2) is 6.64. The van der Waals surface area contributed by atoms with Crippen molar-refractivity contribution in [2.24, 2.45) is 0 Å². The van der Waals surface area contributed by atoms with E-state index in [0.717, 1.165) is 6.07 Å². The first kappa shape index (κ1) is 14.0. The van der Waals surface area contributed by atoms with Gasteiger partial charge in [-0.3, -0.25) is 0 Å². The summed E-state index contributed by atoms with van der Waals surface area (Å²) in [7, 11) is 3.73. The molecular weight excluding hydrogens is 226 g/mol. The van der Waals surface area contributed by atoms with Crippen LogP contribution in [0.5, 0.6) is 0 Å². The van der Waals surface area contributed by atoms with Gasteiger partial charge in [-0.15, -0.1) is 0 Å². The number of nitrogens with zero attached hydrogens (tertiary/aromatic N) is 1. The molecule has 0 saturated heterocycles. The minimum Gasteiger partial charge on any atom is -0.390 e. The summed E-state index contributed by atoms with van der Waals surface area (Å²) >= 11 is 0. The number of halogens is 2. The van der Waals surface area contributed by atoms with Crippen molar-refractivity contribution in [3.8, 4) is 0 Å². The molecule has 0 aliphatic rings. The number of hydrogen-bond donors (Lipinski definition) is 2. The van der Waals surface area contributed by atoms with E-state index in [4.69, 9.17) is 0 Å². The van der Waals surface area contributed by atoms with Crippen molar-refractivity contribution in [3.63, 3.8) is 0 Å². The number of rotatable bonds is 6. The standard InChI is InChI=1S/C12H18F2N2O/c1-16(2)8-12(17)7-15-6-9-3-10(13)5-11(14)4-9/h3-5,12,15,17H,6-8H2,1-2H3. The molecule has 17 heavy (non-hydrogen) atoms. The molecule has 1 atom stereocenters. The highest BCUT2D eigenvalue weighted by molar-refractivity contribution is 5.17. The maximum atomic E-state index is 12.9. The van der Waals surface area contributed by atoms with Crippen LogP contribution in [0.15, 0.2) is 18.2 Å². The minimum absolute atomic E-state index is 0.333. The van der Waals surface area contributed by atoms with E-state index in [-0.39, 0.29) is 0 Å². The topological polar surface area (TPSA) is 35.5 Å².